The second kappa shape index (κ2) is 8.80. The van der Waals surface area contributed by atoms with Crippen molar-refractivity contribution in [2.45, 2.75) is 19.3 Å². The molecule has 2 aromatic heterocycles. The predicted octanol–water partition coefficient (Wildman–Crippen LogP) is 5.41. The number of ether oxygens (including phenoxy) is 1. The van der Waals surface area contributed by atoms with E-state index in [0.29, 0.717) is 10.7 Å². The first-order chi connectivity index (χ1) is 15.6. The van der Waals surface area contributed by atoms with E-state index in [-0.39, 0.29) is 6.61 Å². The minimum atomic E-state index is -0.495. The van der Waals surface area contributed by atoms with Crippen LogP contribution in [0.15, 0.2) is 58.4 Å². The standard InChI is InChI=1S/C24H18BrN3O3S/c25-15-6-3-5-14(11-15)20-13-32-24(27-20)28-21(29)12-31-23(30)22-16-7-1-2-9-18(16)26-19-10-4-8-17(19)22/h1-3,5-7,9,11,13H,4,8,10,12H2,(H,27,28,29). The van der Waals surface area contributed by atoms with Gasteiger partial charge in [0.2, 0.25) is 0 Å². The number of carbonyl (C=O) groups excluding carboxylic acids is 2. The first kappa shape index (κ1) is 20.8. The minimum Gasteiger partial charge on any atom is -0.452 e. The third kappa shape index (κ3) is 4.16. The number of fused-ring (bicyclic) bond motifs is 2. The number of esters is 1. The molecule has 32 heavy (non-hydrogen) atoms. The molecule has 2 aromatic carbocycles. The van der Waals surface area contributed by atoms with E-state index in [2.05, 4.69) is 31.2 Å². The van der Waals surface area contributed by atoms with Gasteiger partial charge in [-0.2, -0.15) is 0 Å². The maximum Gasteiger partial charge on any atom is 0.339 e. The smallest absolute Gasteiger partial charge is 0.339 e. The SMILES string of the molecule is O=C(COC(=O)c1c2c(nc3ccccc13)CCC2)Nc1nc(-c2cccc(Br)c2)cs1. The molecule has 160 valence electrons. The fourth-order valence-corrected chi connectivity index (χ4v) is 5.05. The Balaban J connectivity index is 1.28. The summed E-state index contributed by atoms with van der Waals surface area (Å²) in [5.74, 6) is -0.922. The van der Waals surface area contributed by atoms with E-state index < -0.39 is 11.9 Å². The van der Waals surface area contributed by atoms with Gasteiger partial charge < -0.3 is 4.74 Å². The highest BCUT2D eigenvalue weighted by molar-refractivity contribution is 9.10. The van der Waals surface area contributed by atoms with Gasteiger partial charge in [-0.15, -0.1) is 11.3 Å². The molecule has 4 aromatic rings. The number of hydrogen-bond acceptors (Lipinski definition) is 6. The normalized spacial score (nSPS) is 12.5. The van der Waals surface area contributed by atoms with E-state index in [1.165, 1.54) is 11.3 Å². The zero-order valence-electron chi connectivity index (χ0n) is 16.9. The number of benzene rings is 2. The fourth-order valence-electron chi connectivity index (χ4n) is 3.91. The van der Waals surface area contributed by atoms with Crippen molar-refractivity contribution in [3.05, 3.63) is 75.2 Å². The lowest BCUT2D eigenvalue weighted by Crippen LogP contribution is -2.21. The van der Waals surface area contributed by atoms with Gasteiger partial charge in [0.25, 0.3) is 5.91 Å². The van der Waals surface area contributed by atoms with Gasteiger partial charge in [0.05, 0.1) is 16.8 Å². The number of pyridine rings is 1. The van der Waals surface area contributed by atoms with Gasteiger partial charge in [0.1, 0.15) is 0 Å². The number of carbonyl (C=O) groups is 2. The van der Waals surface area contributed by atoms with Crippen LogP contribution in [0.5, 0.6) is 0 Å². The van der Waals surface area contributed by atoms with Crippen LogP contribution in [0.4, 0.5) is 5.13 Å². The van der Waals surface area contributed by atoms with E-state index in [9.17, 15) is 9.59 Å². The Kier molecular flexibility index (Phi) is 5.71. The number of rotatable bonds is 5. The Morgan fingerprint density at radius 3 is 2.84 bits per heavy atom. The summed E-state index contributed by atoms with van der Waals surface area (Å²) < 4.78 is 6.35. The highest BCUT2D eigenvalue weighted by atomic mass is 79.9. The van der Waals surface area contributed by atoms with E-state index in [1.807, 2.05) is 53.9 Å². The Bertz CT molecular complexity index is 1350. The molecule has 1 aliphatic carbocycles. The number of anilines is 1. The molecule has 0 radical (unpaired) electrons. The van der Waals surface area contributed by atoms with Crippen LogP contribution in [0.2, 0.25) is 0 Å². The molecule has 0 bridgehead atoms. The summed E-state index contributed by atoms with van der Waals surface area (Å²) in [6.07, 6.45) is 2.61. The number of nitrogens with one attached hydrogen (secondary N) is 1. The lowest BCUT2D eigenvalue weighted by Gasteiger charge is -2.12. The van der Waals surface area contributed by atoms with Gasteiger partial charge in [0, 0.05) is 26.5 Å². The molecule has 2 heterocycles. The second-order valence-corrected chi connectivity index (χ2v) is 9.23. The Hall–Kier alpha value is -3.10. The maximum atomic E-state index is 12.9. The third-order valence-electron chi connectivity index (χ3n) is 5.33. The number of halogens is 1. The highest BCUT2D eigenvalue weighted by Gasteiger charge is 2.25. The van der Waals surface area contributed by atoms with Crippen LogP contribution >= 0.6 is 27.3 Å². The zero-order valence-corrected chi connectivity index (χ0v) is 19.3. The van der Waals surface area contributed by atoms with Gasteiger partial charge in [0.15, 0.2) is 11.7 Å². The molecule has 1 N–H and O–H groups in total. The Labute approximate surface area is 196 Å². The number of amides is 1. The molecule has 1 aliphatic rings. The summed E-state index contributed by atoms with van der Waals surface area (Å²) in [6, 6.07) is 15.3. The van der Waals surface area contributed by atoms with Crippen molar-refractivity contribution in [1.82, 2.24) is 9.97 Å². The molecule has 6 nitrogen and oxygen atoms in total. The summed E-state index contributed by atoms with van der Waals surface area (Å²) in [5.41, 5.74) is 4.90. The van der Waals surface area contributed by atoms with Crippen molar-refractivity contribution in [3.63, 3.8) is 0 Å². The topological polar surface area (TPSA) is 81.2 Å². The van der Waals surface area contributed by atoms with E-state index in [4.69, 9.17) is 4.74 Å². The lowest BCUT2D eigenvalue weighted by molar-refractivity contribution is -0.119. The first-order valence-electron chi connectivity index (χ1n) is 10.2. The van der Waals surface area contributed by atoms with Gasteiger partial charge in [-0.1, -0.05) is 46.3 Å². The lowest BCUT2D eigenvalue weighted by atomic mass is 10.0. The van der Waals surface area contributed by atoms with Gasteiger partial charge >= 0.3 is 5.97 Å². The number of aromatic nitrogens is 2. The Morgan fingerprint density at radius 1 is 1.09 bits per heavy atom. The van der Waals surface area contributed by atoms with Crippen LogP contribution in [0.25, 0.3) is 22.2 Å². The highest BCUT2D eigenvalue weighted by Crippen LogP contribution is 2.31. The van der Waals surface area contributed by atoms with Crippen LogP contribution in [0.1, 0.15) is 28.0 Å². The molecule has 8 heteroatoms. The average Bonchev–Trinajstić information content (AvgIpc) is 3.45. The molecule has 1 amide bonds. The number of hydrogen-bond donors (Lipinski definition) is 1. The quantitative estimate of drug-likeness (QED) is 0.365. The molecule has 0 unspecified atom stereocenters. The molecule has 0 saturated carbocycles. The molecular weight excluding hydrogens is 490 g/mol. The average molecular weight is 508 g/mol. The van der Waals surface area contributed by atoms with Crippen LogP contribution < -0.4 is 5.32 Å². The number of aryl methyl sites for hydroxylation is 1. The van der Waals surface area contributed by atoms with E-state index in [0.717, 1.165) is 57.2 Å². The summed E-state index contributed by atoms with van der Waals surface area (Å²) in [7, 11) is 0. The molecule has 0 saturated heterocycles. The molecule has 0 spiro atoms. The second-order valence-electron chi connectivity index (χ2n) is 7.46. The summed E-state index contributed by atoms with van der Waals surface area (Å²) in [5, 5.41) is 5.80. The third-order valence-corrected chi connectivity index (χ3v) is 6.58. The number of thiazole rings is 1. The monoisotopic (exact) mass is 507 g/mol. The molecule has 0 fully saturated rings. The van der Waals surface area contributed by atoms with Gasteiger partial charge in [-0.3, -0.25) is 15.1 Å². The van der Waals surface area contributed by atoms with Crippen molar-refractivity contribution in [2.75, 3.05) is 11.9 Å². The van der Waals surface area contributed by atoms with Crippen molar-refractivity contribution >= 4 is 55.2 Å². The summed E-state index contributed by atoms with van der Waals surface area (Å²) in [4.78, 5) is 34.5. The Morgan fingerprint density at radius 2 is 1.97 bits per heavy atom. The van der Waals surface area contributed by atoms with Gasteiger partial charge in [-0.05, 0) is 43.0 Å². The zero-order chi connectivity index (χ0) is 22.1. The predicted molar refractivity (Wildman–Crippen MR) is 128 cm³/mol. The molecule has 5 rings (SSSR count). The number of nitrogens with zero attached hydrogens (tertiary/aromatic N) is 2. The van der Waals surface area contributed by atoms with E-state index >= 15 is 0 Å². The molecular formula is C24H18BrN3O3S. The largest absolute Gasteiger partial charge is 0.452 e. The minimum absolute atomic E-state index is 0.379. The molecule has 0 atom stereocenters. The number of para-hydroxylation sites is 1. The van der Waals surface area contributed by atoms with Gasteiger partial charge in [-0.25, -0.2) is 9.78 Å². The van der Waals surface area contributed by atoms with Crippen molar-refractivity contribution in [2.24, 2.45) is 0 Å². The van der Waals surface area contributed by atoms with Crippen molar-refractivity contribution < 1.29 is 14.3 Å². The van der Waals surface area contributed by atoms with Crippen LogP contribution in [0.3, 0.4) is 0 Å². The van der Waals surface area contributed by atoms with Crippen molar-refractivity contribution in [1.29, 1.82) is 0 Å². The van der Waals surface area contributed by atoms with E-state index in [1.54, 1.807) is 0 Å². The summed E-state index contributed by atoms with van der Waals surface area (Å²) in [6.45, 7) is -0.379. The maximum absolute atomic E-state index is 12.9. The molecule has 0 aliphatic heterocycles. The fraction of sp³-hybridized carbons (Fsp3) is 0.167. The summed E-state index contributed by atoms with van der Waals surface area (Å²) >= 11 is 4.77. The van der Waals surface area contributed by atoms with Crippen LogP contribution in [-0.2, 0) is 22.4 Å². The van der Waals surface area contributed by atoms with Crippen LogP contribution in [0, 0.1) is 0 Å². The van der Waals surface area contributed by atoms with Crippen LogP contribution in [-0.4, -0.2) is 28.5 Å². The first-order valence-corrected chi connectivity index (χ1v) is 11.8. The van der Waals surface area contributed by atoms with Crippen molar-refractivity contribution in [3.8, 4) is 11.3 Å².